The number of para-hydroxylation sites is 1. The maximum atomic E-state index is 6.83. The minimum absolute atomic E-state index is 0.137. The molecule has 0 atom stereocenters. The Balaban J connectivity index is 1.01. The Morgan fingerprint density at radius 1 is 0.500 bits per heavy atom. The number of aliphatic imine (C=N–C) groups is 1. The van der Waals surface area contributed by atoms with Gasteiger partial charge < -0.3 is 10.2 Å². The lowest BCUT2D eigenvalue weighted by atomic mass is 9.80. The van der Waals surface area contributed by atoms with Gasteiger partial charge >= 0.3 is 0 Å². The Morgan fingerprint density at radius 3 is 1.84 bits per heavy atom. The van der Waals surface area contributed by atoms with Gasteiger partial charge in [-0.2, -0.15) is 0 Å². The predicted molar refractivity (Wildman–Crippen MR) is 270 cm³/mol. The fourth-order valence-corrected chi connectivity index (χ4v) is 10.6. The van der Waals surface area contributed by atoms with Crippen molar-refractivity contribution in [2.24, 2.45) is 10.7 Å². The van der Waals surface area contributed by atoms with Crippen LogP contribution in [0.5, 0.6) is 0 Å². The molecule has 0 unspecified atom stereocenters. The maximum Gasteiger partial charge on any atom is 0.135 e. The molecule has 0 bridgehead atoms. The lowest BCUT2D eigenvalue weighted by Crippen LogP contribution is -2.15. The van der Waals surface area contributed by atoms with E-state index >= 15 is 0 Å². The fourth-order valence-electron chi connectivity index (χ4n) is 10.6. The second kappa shape index (κ2) is 14.8. The zero-order valence-electron chi connectivity index (χ0n) is 35.8. The maximum absolute atomic E-state index is 6.83. The highest BCUT2D eigenvalue weighted by atomic mass is 16.3. The Morgan fingerprint density at radius 2 is 1.08 bits per heavy atom. The summed E-state index contributed by atoms with van der Waals surface area (Å²) in [5.74, 6) is 0.472. The molecule has 10 aromatic carbocycles. The van der Waals surface area contributed by atoms with Crippen LogP contribution in [-0.2, 0) is 11.8 Å². The van der Waals surface area contributed by atoms with Crippen LogP contribution >= 0.6 is 0 Å². The fraction of sp³-hybridized carbons (Fsp3) is 0.0656. The van der Waals surface area contributed by atoms with Crippen LogP contribution in [0.4, 0.5) is 0 Å². The highest BCUT2D eigenvalue weighted by Crippen LogP contribution is 2.55. The molecule has 1 aliphatic carbocycles. The summed E-state index contributed by atoms with van der Waals surface area (Å²) in [5.41, 5.74) is 22.7. The van der Waals surface area contributed by atoms with Crippen LogP contribution in [0.2, 0.25) is 0 Å². The van der Waals surface area contributed by atoms with Gasteiger partial charge in [-0.05, 0) is 101 Å². The minimum atomic E-state index is -0.137. The topological polar surface area (TPSA) is 51.5 Å². The first kappa shape index (κ1) is 37.7. The van der Waals surface area contributed by atoms with Gasteiger partial charge in [-0.25, -0.2) is 4.99 Å². The molecular formula is C61H44N2O. The quantitative estimate of drug-likeness (QED) is 0.129. The molecule has 64 heavy (non-hydrogen) atoms. The molecule has 0 saturated heterocycles. The largest absolute Gasteiger partial charge is 0.456 e. The monoisotopic (exact) mass is 820 g/mol. The molecule has 12 rings (SSSR count). The molecule has 0 fully saturated rings. The second-order valence-corrected chi connectivity index (χ2v) is 17.5. The highest BCUT2D eigenvalue weighted by Gasteiger charge is 2.38. The molecule has 11 aromatic rings. The summed E-state index contributed by atoms with van der Waals surface area (Å²) in [6, 6.07) is 71.7. The third-order valence-corrected chi connectivity index (χ3v) is 13.6. The third kappa shape index (κ3) is 5.92. The average molecular weight is 821 g/mol. The van der Waals surface area contributed by atoms with E-state index in [2.05, 4.69) is 172 Å². The summed E-state index contributed by atoms with van der Waals surface area (Å²) >= 11 is 0. The van der Waals surface area contributed by atoms with Gasteiger partial charge in [-0.15, -0.1) is 0 Å². The van der Waals surface area contributed by atoms with Crippen LogP contribution in [0.25, 0.3) is 93.3 Å². The zero-order chi connectivity index (χ0) is 42.9. The molecule has 1 heterocycles. The number of benzene rings is 10. The molecule has 304 valence electrons. The van der Waals surface area contributed by atoms with Crippen LogP contribution in [0.3, 0.4) is 0 Å². The van der Waals surface area contributed by atoms with E-state index in [0.29, 0.717) is 12.3 Å². The number of hydrogen-bond donors (Lipinski definition) is 1. The minimum Gasteiger partial charge on any atom is -0.456 e. The van der Waals surface area contributed by atoms with E-state index in [4.69, 9.17) is 15.1 Å². The van der Waals surface area contributed by atoms with Gasteiger partial charge in [-0.1, -0.05) is 208 Å². The van der Waals surface area contributed by atoms with Crippen molar-refractivity contribution in [2.45, 2.75) is 25.7 Å². The summed E-state index contributed by atoms with van der Waals surface area (Å²) in [6.45, 7) is 4.76. The Labute approximate surface area is 372 Å². The number of nitrogens with two attached hydrogens (primary N) is 1. The smallest absolute Gasteiger partial charge is 0.135 e. The number of allylic oxidation sites excluding steroid dienone is 1. The molecule has 3 nitrogen and oxygen atoms in total. The van der Waals surface area contributed by atoms with Crippen molar-refractivity contribution in [3.05, 3.63) is 234 Å². The van der Waals surface area contributed by atoms with Crippen LogP contribution in [0.1, 0.15) is 41.7 Å². The van der Waals surface area contributed by atoms with E-state index in [1.807, 2.05) is 48.5 Å². The van der Waals surface area contributed by atoms with Crippen molar-refractivity contribution < 1.29 is 4.42 Å². The SMILES string of the molecule is CC1(C)c2cccc(-c3ccc(-c4ccc(/C(=C/Cc5cccc6oc7ccccc7c56)N=C(N)c5ccccc5)c5ccccc45)c4ccccc34)c2-c2ccc3ccccc3c21. The van der Waals surface area contributed by atoms with Crippen LogP contribution in [0.15, 0.2) is 216 Å². The first-order chi connectivity index (χ1) is 31.4. The molecule has 1 aliphatic rings. The van der Waals surface area contributed by atoms with Crippen molar-refractivity contribution in [1.29, 1.82) is 0 Å². The molecule has 3 heteroatoms. The van der Waals surface area contributed by atoms with E-state index < -0.39 is 0 Å². The van der Waals surface area contributed by atoms with Crippen molar-refractivity contribution in [3.8, 4) is 33.4 Å². The van der Waals surface area contributed by atoms with Gasteiger partial charge in [0.1, 0.15) is 17.0 Å². The number of hydrogen-bond acceptors (Lipinski definition) is 2. The summed E-state index contributed by atoms with van der Waals surface area (Å²) in [6.07, 6.45) is 2.86. The van der Waals surface area contributed by atoms with Crippen molar-refractivity contribution in [3.63, 3.8) is 0 Å². The average Bonchev–Trinajstić information content (AvgIpc) is 3.85. The Bertz CT molecular complexity index is 3740. The van der Waals surface area contributed by atoms with E-state index in [1.54, 1.807) is 0 Å². The van der Waals surface area contributed by atoms with Crippen LogP contribution in [0, 0.1) is 0 Å². The van der Waals surface area contributed by atoms with E-state index in [1.165, 1.54) is 71.6 Å². The standard InChI is InChI=1S/C61H44N2O/c1-61(2)53-27-15-26-50(58(53)52-32-30-38-16-6-7-20-41(38)59(52)61)48-34-33-46(42-21-8-9-22-43(42)48)47-35-36-49(45-24-11-10-23-44(45)47)54(63-60(62)40-17-4-3-5-18-40)37-31-39-19-14-29-56-57(39)51-25-12-13-28-55(51)64-56/h3-30,32-37H,31H2,1-2H3,(H2,62,63)/b54-37-. The lowest BCUT2D eigenvalue weighted by molar-refractivity contribution is 0.666. The number of rotatable bonds is 7. The number of amidine groups is 1. The molecular weight excluding hydrogens is 777 g/mol. The number of fused-ring (bicyclic) bond motifs is 10. The Kier molecular flexibility index (Phi) is 8.74. The molecule has 1 aromatic heterocycles. The van der Waals surface area contributed by atoms with Gasteiger partial charge in [0.2, 0.25) is 0 Å². The predicted octanol–water partition coefficient (Wildman–Crippen LogP) is 15.7. The normalized spacial score (nSPS) is 13.6. The van der Waals surface area contributed by atoms with Gasteiger partial charge in [0.15, 0.2) is 0 Å². The second-order valence-electron chi connectivity index (χ2n) is 17.5. The van der Waals surface area contributed by atoms with Gasteiger partial charge in [0.25, 0.3) is 0 Å². The highest BCUT2D eigenvalue weighted by molar-refractivity contribution is 6.14. The first-order valence-corrected chi connectivity index (χ1v) is 22.1. The molecule has 0 radical (unpaired) electrons. The molecule has 0 spiro atoms. The van der Waals surface area contributed by atoms with Gasteiger partial charge in [0, 0.05) is 27.3 Å². The summed E-state index contributed by atoms with van der Waals surface area (Å²) in [4.78, 5) is 5.21. The van der Waals surface area contributed by atoms with Gasteiger partial charge in [0.05, 0.1) is 5.70 Å². The lowest BCUT2D eigenvalue weighted by Gasteiger charge is -2.23. The van der Waals surface area contributed by atoms with Crippen molar-refractivity contribution in [2.75, 3.05) is 0 Å². The van der Waals surface area contributed by atoms with Crippen LogP contribution in [-0.4, -0.2) is 5.84 Å². The number of nitrogens with zero attached hydrogens (tertiary/aromatic N) is 1. The third-order valence-electron chi connectivity index (χ3n) is 13.6. The van der Waals surface area contributed by atoms with E-state index in [9.17, 15) is 0 Å². The molecule has 0 amide bonds. The van der Waals surface area contributed by atoms with E-state index in [0.717, 1.165) is 49.5 Å². The zero-order valence-corrected chi connectivity index (χ0v) is 35.8. The summed E-state index contributed by atoms with van der Waals surface area (Å²) in [5, 5.41) is 9.58. The van der Waals surface area contributed by atoms with Crippen LogP contribution < -0.4 is 5.73 Å². The van der Waals surface area contributed by atoms with Crippen molar-refractivity contribution >= 4 is 65.8 Å². The molecule has 0 aliphatic heterocycles. The van der Waals surface area contributed by atoms with Crippen molar-refractivity contribution in [1.82, 2.24) is 0 Å². The first-order valence-electron chi connectivity index (χ1n) is 22.1. The molecule has 0 saturated carbocycles. The summed E-state index contributed by atoms with van der Waals surface area (Å²) in [7, 11) is 0. The summed E-state index contributed by atoms with van der Waals surface area (Å²) < 4.78 is 6.27. The Hall–Kier alpha value is -8.01. The van der Waals surface area contributed by atoms with Gasteiger partial charge in [-0.3, -0.25) is 0 Å². The van der Waals surface area contributed by atoms with E-state index in [-0.39, 0.29) is 5.41 Å². The number of furan rings is 1. The molecule has 2 N–H and O–H groups in total.